The van der Waals surface area contributed by atoms with Gasteiger partial charge in [-0.2, -0.15) is 0 Å². The molecule has 2 aromatic heterocycles. The summed E-state index contributed by atoms with van der Waals surface area (Å²) in [5, 5.41) is 9.94. The van der Waals surface area contributed by atoms with Crippen molar-refractivity contribution in [3.8, 4) is 0 Å². The molecule has 2 heterocycles. The Morgan fingerprint density at radius 1 is 1.56 bits per heavy atom. The molecule has 2 aromatic rings. The normalized spacial score (nSPS) is 11.9. The van der Waals surface area contributed by atoms with Gasteiger partial charge in [-0.1, -0.05) is 11.8 Å². The molecule has 0 unspecified atom stereocenters. The molecule has 0 aliphatic carbocycles. The van der Waals surface area contributed by atoms with Gasteiger partial charge in [-0.25, -0.2) is 4.98 Å². The Kier molecular flexibility index (Phi) is 3.20. The zero-order chi connectivity index (χ0) is 13.5. The molecule has 18 heavy (non-hydrogen) atoms. The van der Waals surface area contributed by atoms with E-state index < -0.39 is 10.7 Å². The van der Waals surface area contributed by atoms with E-state index in [2.05, 4.69) is 9.97 Å². The minimum absolute atomic E-state index is 0.229. The quantitative estimate of drug-likeness (QED) is 0.667. The van der Waals surface area contributed by atoms with Gasteiger partial charge in [0, 0.05) is 4.88 Å². The van der Waals surface area contributed by atoms with E-state index >= 15 is 0 Å². The Morgan fingerprint density at radius 2 is 2.22 bits per heavy atom. The summed E-state index contributed by atoms with van der Waals surface area (Å²) in [5.41, 5.74) is -0.229. The minimum atomic E-state index is -1.03. The second-order valence-electron chi connectivity index (χ2n) is 4.36. The summed E-state index contributed by atoms with van der Waals surface area (Å²) in [5.74, 6) is -0.947. The van der Waals surface area contributed by atoms with Gasteiger partial charge in [-0.05, 0) is 26.8 Å². The van der Waals surface area contributed by atoms with Crippen molar-refractivity contribution in [1.82, 2.24) is 9.97 Å². The molecule has 7 heteroatoms. The first-order chi connectivity index (χ1) is 8.29. The van der Waals surface area contributed by atoms with Gasteiger partial charge < -0.3 is 10.1 Å². The van der Waals surface area contributed by atoms with Crippen LogP contribution in [0.5, 0.6) is 0 Å². The third kappa shape index (κ3) is 2.41. The van der Waals surface area contributed by atoms with Crippen LogP contribution in [0.3, 0.4) is 0 Å². The molecule has 0 aliphatic rings. The van der Waals surface area contributed by atoms with Crippen LogP contribution >= 0.6 is 23.1 Å². The van der Waals surface area contributed by atoms with Crippen LogP contribution in [-0.2, 0) is 4.79 Å². The van der Waals surface area contributed by atoms with Crippen LogP contribution in [0.2, 0.25) is 0 Å². The molecule has 0 bridgehead atoms. The number of aromatic nitrogens is 2. The fraction of sp³-hybridized carbons (Fsp3) is 0.364. The Hall–Kier alpha value is -1.34. The van der Waals surface area contributed by atoms with Gasteiger partial charge in [-0.15, -0.1) is 11.3 Å². The van der Waals surface area contributed by atoms with Crippen LogP contribution in [-0.4, -0.2) is 25.8 Å². The predicted molar refractivity (Wildman–Crippen MR) is 72.5 cm³/mol. The molecular weight excluding hydrogens is 272 g/mol. The SMILES string of the molecule is Cc1cc2c(=O)[nH]c(SC(C)(C)C(=O)O)nc2s1. The van der Waals surface area contributed by atoms with Gasteiger partial charge in [0.15, 0.2) is 5.16 Å². The highest BCUT2D eigenvalue weighted by molar-refractivity contribution is 8.01. The summed E-state index contributed by atoms with van der Waals surface area (Å²) >= 11 is 2.46. The van der Waals surface area contributed by atoms with Gasteiger partial charge in [-0.3, -0.25) is 9.59 Å². The van der Waals surface area contributed by atoms with E-state index in [9.17, 15) is 9.59 Å². The molecule has 0 saturated carbocycles. The number of aromatic amines is 1. The number of aliphatic carboxylic acids is 1. The number of thiophene rings is 1. The van der Waals surface area contributed by atoms with Crippen LogP contribution in [0.15, 0.2) is 16.0 Å². The largest absolute Gasteiger partial charge is 0.480 e. The summed E-state index contributed by atoms with van der Waals surface area (Å²) in [6.07, 6.45) is 0. The van der Waals surface area contributed by atoms with E-state index in [0.717, 1.165) is 16.6 Å². The molecule has 0 aliphatic heterocycles. The average molecular weight is 284 g/mol. The lowest BCUT2D eigenvalue weighted by Gasteiger charge is -2.16. The van der Waals surface area contributed by atoms with Crippen LogP contribution in [0, 0.1) is 6.92 Å². The monoisotopic (exact) mass is 284 g/mol. The standard InChI is InChI=1S/C11H12N2O3S2/c1-5-4-6-7(14)12-10(13-8(6)17-5)18-11(2,3)9(15)16/h4H,1-3H3,(H,15,16)(H,12,13,14). The summed E-state index contributed by atoms with van der Waals surface area (Å²) in [6.45, 7) is 5.05. The van der Waals surface area contributed by atoms with Crippen molar-refractivity contribution >= 4 is 39.3 Å². The van der Waals surface area contributed by atoms with Gasteiger partial charge in [0.05, 0.1) is 5.39 Å². The van der Waals surface area contributed by atoms with E-state index in [-0.39, 0.29) is 5.56 Å². The van der Waals surface area contributed by atoms with E-state index in [1.54, 1.807) is 19.9 Å². The summed E-state index contributed by atoms with van der Waals surface area (Å²) in [7, 11) is 0. The first-order valence-electron chi connectivity index (χ1n) is 5.22. The van der Waals surface area contributed by atoms with Crippen LogP contribution in [0.1, 0.15) is 18.7 Å². The lowest BCUT2D eigenvalue weighted by atomic mass is 10.2. The van der Waals surface area contributed by atoms with Crippen molar-refractivity contribution in [3.05, 3.63) is 21.3 Å². The molecule has 0 spiro atoms. The maximum atomic E-state index is 11.8. The van der Waals surface area contributed by atoms with Crippen LogP contribution in [0.25, 0.3) is 10.2 Å². The van der Waals surface area contributed by atoms with Crippen molar-refractivity contribution in [2.45, 2.75) is 30.7 Å². The fourth-order valence-electron chi connectivity index (χ4n) is 1.37. The van der Waals surface area contributed by atoms with Gasteiger partial charge in [0.25, 0.3) is 5.56 Å². The lowest BCUT2D eigenvalue weighted by molar-refractivity contribution is -0.138. The Balaban J connectivity index is 2.47. The highest BCUT2D eigenvalue weighted by Gasteiger charge is 2.29. The molecular formula is C11H12N2O3S2. The smallest absolute Gasteiger partial charge is 0.319 e. The summed E-state index contributed by atoms with van der Waals surface area (Å²) in [4.78, 5) is 31.4. The summed E-state index contributed by atoms with van der Waals surface area (Å²) < 4.78 is -1.03. The number of nitrogens with zero attached hydrogens (tertiary/aromatic N) is 1. The zero-order valence-electron chi connectivity index (χ0n) is 10.1. The van der Waals surface area contributed by atoms with Crippen molar-refractivity contribution in [3.63, 3.8) is 0 Å². The molecule has 0 radical (unpaired) electrons. The van der Waals surface area contributed by atoms with E-state index in [1.165, 1.54) is 11.3 Å². The number of carboxylic acid groups (broad SMARTS) is 1. The number of aryl methyl sites for hydroxylation is 1. The molecule has 0 atom stereocenters. The molecule has 96 valence electrons. The Bertz CT molecular complexity index is 672. The van der Waals surface area contributed by atoms with Gasteiger partial charge >= 0.3 is 5.97 Å². The maximum Gasteiger partial charge on any atom is 0.319 e. The zero-order valence-corrected chi connectivity index (χ0v) is 11.7. The van der Waals surface area contributed by atoms with E-state index in [1.807, 2.05) is 6.92 Å². The first kappa shape index (κ1) is 13.1. The number of rotatable bonds is 3. The fourth-order valence-corrected chi connectivity index (χ4v) is 3.16. The van der Waals surface area contributed by atoms with Crippen LogP contribution in [0.4, 0.5) is 0 Å². The molecule has 2 N–H and O–H groups in total. The molecule has 5 nitrogen and oxygen atoms in total. The third-order valence-corrected chi connectivity index (χ3v) is 4.39. The Labute approximate surface area is 111 Å². The molecule has 0 amide bonds. The lowest BCUT2D eigenvalue weighted by Crippen LogP contribution is -2.27. The number of hydrogen-bond donors (Lipinski definition) is 2. The van der Waals surface area contributed by atoms with E-state index in [4.69, 9.17) is 5.11 Å². The first-order valence-corrected chi connectivity index (χ1v) is 6.86. The maximum absolute atomic E-state index is 11.8. The number of hydrogen-bond acceptors (Lipinski definition) is 5. The van der Waals surface area contributed by atoms with Crippen molar-refractivity contribution in [2.24, 2.45) is 0 Å². The molecule has 0 saturated heterocycles. The number of carboxylic acids is 1. The van der Waals surface area contributed by atoms with Crippen molar-refractivity contribution in [2.75, 3.05) is 0 Å². The third-order valence-electron chi connectivity index (χ3n) is 2.37. The van der Waals surface area contributed by atoms with Gasteiger partial charge in [0.1, 0.15) is 9.58 Å². The highest BCUT2D eigenvalue weighted by atomic mass is 32.2. The Morgan fingerprint density at radius 3 is 2.83 bits per heavy atom. The van der Waals surface area contributed by atoms with Crippen molar-refractivity contribution in [1.29, 1.82) is 0 Å². The highest BCUT2D eigenvalue weighted by Crippen LogP contribution is 2.31. The number of thioether (sulfide) groups is 1. The molecule has 2 rings (SSSR count). The number of nitrogens with one attached hydrogen (secondary N) is 1. The van der Waals surface area contributed by atoms with Crippen LogP contribution < -0.4 is 5.56 Å². The minimum Gasteiger partial charge on any atom is -0.480 e. The number of carbonyl (C=O) groups is 1. The van der Waals surface area contributed by atoms with E-state index in [0.29, 0.717) is 15.4 Å². The second-order valence-corrected chi connectivity index (χ2v) is 7.21. The molecule has 0 aromatic carbocycles. The predicted octanol–water partition coefficient (Wildman–Crippen LogP) is 2.25. The summed E-state index contributed by atoms with van der Waals surface area (Å²) in [6, 6.07) is 1.78. The van der Waals surface area contributed by atoms with Crippen molar-refractivity contribution < 1.29 is 9.90 Å². The molecule has 0 fully saturated rings. The van der Waals surface area contributed by atoms with Gasteiger partial charge in [0.2, 0.25) is 0 Å². The average Bonchev–Trinajstić information content (AvgIpc) is 2.58. The topological polar surface area (TPSA) is 83.0 Å². The second kappa shape index (κ2) is 4.40. The number of fused-ring (bicyclic) bond motifs is 1. The number of H-pyrrole nitrogens is 1.